The number of hydrogen-bond donors (Lipinski definition) is 0. The molecule has 1 fully saturated rings. The molecule has 0 aromatic carbocycles. The topological polar surface area (TPSA) is 37.4 Å². The Kier molecular flexibility index (Phi) is 3.67. The van der Waals surface area contributed by atoms with Gasteiger partial charge in [0.2, 0.25) is 11.8 Å². The van der Waals surface area contributed by atoms with Crippen molar-refractivity contribution < 1.29 is 9.59 Å². The number of hydrogen-bond acceptors (Lipinski definition) is 2. The second kappa shape index (κ2) is 4.58. The number of rotatable bonds is 4. The molecular formula is C11H19NO2. The monoisotopic (exact) mass is 197 g/mol. The zero-order valence-electron chi connectivity index (χ0n) is 9.25. The summed E-state index contributed by atoms with van der Waals surface area (Å²) in [6.45, 7) is 6.68. The van der Waals surface area contributed by atoms with Crippen LogP contribution in [-0.4, -0.2) is 23.3 Å². The molecule has 1 aliphatic heterocycles. The molecule has 3 heteroatoms. The van der Waals surface area contributed by atoms with Gasteiger partial charge in [0, 0.05) is 18.9 Å². The Balaban J connectivity index is 2.68. The van der Waals surface area contributed by atoms with Gasteiger partial charge in [0.1, 0.15) is 0 Å². The third-order valence-corrected chi connectivity index (χ3v) is 3.06. The van der Waals surface area contributed by atoms with Crippen molar-refractivity contribution in [2.24, 2.45) is 11.8 Å². The standard InChI is InChI=1S/C11H19NO2/c1-4-6-12-10(13)7-9(11(12)14)8(3)5-2/h8-9H,4-7H2,1-3H3. The summed E-state index contributed by atoms with van der Waals surface area (Å²) in [5, 5.41) is 0. The van der Waals surface area contributed by atoms with E-state index >= 15 is 0 Å². The second-order valence-corrected chi connectivity index (χ2v) is 4.08. The maximum atomic E-state index is 11.8. The van der Waals surface area contributed by atoms with Crippen molar-refractivity contribution in [1.82, 2.24) is 4.90 Å². The Morgan fingerprint density at radius 1 is 1.43 bits per heavy atom. The maximum absolute atomic E-state index is 11.8. The highest BCUT2D eigenvalue weighted by atomic mass is 16.2. The Morgan fingerprint density at radius 3 is 2.57 bits per heavy atom. The molecule has 80 valence electrons. The molecule has 0 aromatic rings. The first kappa shape index (κ1) is 11.2. The Hall–Kier alpha value is -0.860. The largest absolute Gasteiger partial charge is 0.282 e. The molecule has 2 amide bonds. The SMILES string of the molecule is CCCN1C(=O)CC(C(C)CC)C1=O. The second-order valence-electron chi connectivity index (χ2n) is 4.08. The van der Waals surface area contributed by atoms with E-state index in [-0.39, 0.29) is 17.7 Å². The van der Waals surface area contributed by atoms with E-state index in [1.165, 1.54) is 4.90 Å². The number of carbonyl (C=O) groups is 2. The zero-order valence-corrected chi connectivity index (χ0v) is 9.25. The molecule has 1 saturated heterocycles. The van der Waals surface area contributed by atoms with Crippen molar-refractivity contribution in [3.63, 3.8) is 0 Å². The molecule has 0 spiro atoms. The van der Waals surface area contributed by atoms with Gasteiger partial charge in [-0.1, -0.05) is 27.2 Å². The molecule has 0 saturated carbocycles. The van der Waals surface area contributed by atoms with Crippen molar-refractivity contribution in [3.8, 4) is 0 Å². The molecule has 2 unspecified atom stereocenters. The van der Waals surface area contributed by atoms with Crippen LogP contribution in [0.3, 0.4) is 0 Å². The van der Waals surface area contributed by atoms with Gasteiger partial charge >= 0.3 is 0 Å². The first-order valence-electron chi connectivity index (χ1n) is 5.46. The average Bonchev–Trinajstić information content (AvgIpc) is 2.45. The highest BCUT2D eigenvalue weighted by Crippen LogP contribution is 2.28. The first-order valence-corrected chi connectivity index (χ1v) is 5.46. The number of nitrogens with zero attached hydrogens (tertiary/aromatic N) is 1. The van der Waals surface area contributed by atoms with Crippen molar-refractivity contribution in [2.75, 3.05) is 6.54 Å². The fourth-order valence-corrected chi connectivity index (χ4v) is 1.90. The van der Waals surface area contributed by atoms with Crippen molar-refractivity contribution in [1.29, 1.82) is 0 Å². The van der Waals surface area contributed by atoms with E-state index in [9.17, 15) is 9.59 Å². The van der Waals surface area contributed by atoms with E-state index in [2.05, 4.69) is 6.92 Å². The maximum Gasteiger partial charge on any atom is 0.233 e. The minimum atomic E-state index is -0.0564. The summed E-state index contributed by atoms with van der Waals surface area (Å²) in [5.41, 5.74) is 0. The van der Waals surface area contributed by atoms with Crippen LogP contribution >= 0.6 is 0 Å². The van der Waals surface area contributed by atoms with E-state index in [1.54, 1.807) is 0 Å². The fourth-order valence-electron chi connectivity index (χ4n) is 1.90. The van der Waals surface area contributed by atoms with Gasteiger partial charge < -0.3 is 0 Å². The Morgan fingerprint density at radius 2 is 2.07 bits per heavy atom. The van der Waals surface area contributed by atoms with E-state index in [0.29, 0.717) is 18.9 Å². The predicted octanol–water partition coefficient (Wildman–Crippen LogP) is 1.82. The van der Waals surface area contributed by atoms with Crippen LogP contribution in [0.2, 0.25) is 0 Å². The van der Waals surface area contributed by atoms with Gasteiger partial charge in [-0.05, 0) is 12.3 Å². The number of imide groups is 1. The molecule has 1 heterocycles. The summed E-state index contributed by atoms with van der Waals surface area (Å²) in [4.78, 5) is 24.7. The van der Waals surface area contributed by atoms with Crippen LogP contribution in [0.1, 0.15) is 40.0 Å². The summed E-state index contributed by atoms with van der Waals surface area (Å²) >= 11 is 0. The summed E-state index contributed by atoms with van der Waals surface area (Å²) in [6.07, 6.45) is 2.24. The summed E-state index contributed by atoms with van der Waals surface area (Å²) in [5.74, 6) is 0.334. The molecule has 2 atom stereocenters. The minimum Gasteiger partial charge on any atom is -0.282 e. The van der Waals surface area contributed by atoms with Gasteiger partial charge in [-0.3, -0.25) is 14.5 Å². The molecule has 0 radical (unpaired) electrons. The van der Waals surface area contributed by atoms with Crippen LogP contribution in [0.15, 0.2) is 0 Å². The van der Waals surface area contributed by atoms with Crippen LogP contribution in [0.4, 0.5) is 0 Å². The highest BCUT2D eigenvalue weighted by Gasteiger charge is 2.39. The van der Waals surface area contributed by atoms with Gasteiger partial charge in [0.25, 0.3) is 0 Å². The fraction of sp³-hybridized carbons (Fsp3) is 0.818. The van der Waals surface area contributed by atoms with Crippen molar-refractivity contribution in [3.05, 3.63) is 0 Å². The lowest BCUT2D eigenvalue weighted by molar-refractivity contribution is -0.139. The summed E-state index contributed by atoms with van der Waals surface area (Å²) in [7, 11) is 0. The van der Waals surface area contributed by atoms with Crippen LogP contribution in [0.25, 0.3) is 0 Å². The molecule has 1 aliphatic rings. The van der Waals surface area contributed by atoms with E-state index < -0.39 is 0 Å². The Bertz CT molecular complexity index is 237. The lowest BCUT2D eigenvalue weighted by Crippen LogP contribution is -2.32. The van der Waals surface area contributed by atoms with Gasteiger partial charge in [0.05, 0.1) is 0 Å². The molecular weight excluding hydrogens is 178 g/mol. The molecule has 0 aliphatic carbocycles. The smallest absolute Gasteiger partial charge is 0.233 e. The zero-order chi connectivity index (χ0) is 10.7. The highest BCUT2D eigenvalue weighted by molar-refractivity contribution is 6.03. The number of amides is 2. The van der Waals surface area contributed by atoms with Gasteiger partial charge in [0.15, 0.2) is 0 Å². The van der Waals surface area contributed by atoms with E-state index in [0.717, 1.165) is 12.8 Å². The lowest BCUT2D eigenvalue weighted by atomic mass is 9.90. The van der Waals surface area contributed by atoms with Crippen LogP contribution in [0, 0.1) is 11.8 Å². The van der Waals surface area contributed by atoms with Gasteiger partial charge in [-0.15, -0.1) is 0 Å². The summed E-state index contributed by atoms with van der Waals surface area (Å²) in [6, 6.07) is 0. The molecule has 0 bridgehead atoms. The number of likely N-dealkylation sites (tertiary alicyclic amines) is 1. The van der Waals surface area contributed by atoms with Crippen LogP contribution < -0.4 is 0 Å². The molecule has 0 N–H and O–H groups in total. The van der Waals surface area contributed by atoms with Gasteiger partial charge in [-0.25, -0.2) is 0 Å². The van der Waals surface area contributed by atoms with Crippen LogP contribution in [0.5, 0.6) is 0 Å². The molecule has 1 rings (SSSR count). The van der Waals surface area contributed by atoms with Crippen molar-refractivity contribution in [2.45, 2.75) is 40.0 Å². The van der Waals surface area contributed by atoms with Gasteiger partial charge in [-0.2, -0.15) is 0 Å². The third kappa shape index (κ3) is 1.97. The quantitative estimate of drug-likeness (QED) is 0.645. The number of carbonyl (C=O) groups excluding carboxylic acids is 2. The normalized spacial score (nSPS) is 24.5. The summed E-state index contributed by atoms with van der Waals surface area (Å²) < 4.78 is 0. The molecule has 3 nitrogen and oxygen atoms in total. The van der Waals surface area contributed by atoms with E-state index in [1.807, 2.05) is 13.8 Å². The average molecular weight is 197 g/mol. The molecule has 0 aromatic heterocycles. The van der Waals surface area contributed by atoms with Crippen LogP contribution in [-0.2, 0) is 9.59 Å². The minimum absolute atomic E-state index is 0.0159. The lowest BCUT2D eigenvalue weighted by Gasteiger charge is -2.16. The Labute approximate surface area is 85.5 Å². The molecule has 14 heavy (non-hydrogen) atoms. The predicted molar refractivity (Wildman–Crippen MR) is 54.6 cm³/mol. The third-order valence-electron chi connectivity index (χ3n) is 3.06. The van der Waals surface area contributed by atoms with E-state index in [4.69, 9.17) is 0 Å². The van der Waals surface area contributed by atoms with Crippen molar-refractivity contribution >= 4 is 11.8 Å². The first-order chi connectivity index (χ1) is 6.61.